The number of nitrogens with zero attached hydrogens (tertiary/aromatic N) is 2. The van der Waals surface area contributed by atoms with Crippen molar-refractivity contribution in [3.8, 4) is 0 Å². The number of aromatic nitrogens is 1. The third-order valence-electron chi connectivity index (χ3n) is 3.92. The van der Waals surface area contributed by atoms with E-state index in [1.807, 2.05) is 49.4 Å². The van der Waals surface area contributed by atoms with E-state index in [-0.39, 0.29) is 5.91 Å². The fraction of sp³-hybridized carbons (Fsp3) is 0.263. The second kappa shape index (κ2) is 7.64. The predicted octanol–water partition coefficient (Wildman–Crippen LogP) is 3.16. The number of halogens is 1. The molecule has 0 aliphatic heterocycles. The summed E-state index contributed by atoms with van der Waals surface area (Å²) < 4.78 is 2.09. The zero-order valence-corrected chi connectivity index (χ0v) is 16.9. The van der Waals surface area contributed by atoms with Gasteiger partial charge >= 0.3 is 0 Å². The molecule has 0 unspecified atom stereocenters. The van der Waals surface area contributed by atoms with Crippen LogP contribution in [-0.2, 0) is 0 Å². The van der Waals surface area contributed by atoms with E-state index in [2.05, 4.69) is 30.0 Å². The number of aryl methyl sites for hydroxylation is 1. The number of benzene rings is 2. The first-order chi connectivity index (χ1) is 11.9. The zero-order chi connectivity index (χ0) is 18.0. The first kappa shape index (κ1) is 18.0. The number of thiazole rings is 1. The van der Waals surface area contributed by atoms with Gasteiger partial charge in [-0.2, -0.15) is 0 Å². The van der Waals surface area contributed by atoms with E-state index in [4.69, 9.17) is 4.98 Å². The maximum Gasteiger partial charge on any atom is 0.260 e. The first-order valence-electron chi connectivity index (χ1n) is 8.17. The van der Waals surface area contributed by atoms with Crippen LogP contribution in [0.4, 0.5) is 5.13 Å². The Balaban J connectivity index is 1.99. The average molecular weight is 419 g/mol. The van der Waals surface area contributed by atoms with E-state index in [1.54, 1.807) is 16.2 Å². The van der Waals surface area contributed by atoms with Gasteiger partial charge in [-0.1, -0.05) is 45.0 Å². The standard InChI is InChI=1S/C19H20BrN3OS/c1-13-5-4-6-14(11-13)18(24)23(10-9-22(2)3)19-21-16-8-7-15(20)12-17(16)25-19/h4-8,11-12H,9-10H2,1-3H3/p+1. The summed E-state index contributed by atoms with van der Waals surface area (Å²) in [6.45, 7) is 3.49. The van der Waals surface area contributed by atoms with Crippen LogP contribution in [0.3, 0.4) is 0 Å². The fourth-order valence-corrected chi connectivity index (χ4v) is 4.10. The third kappa shape index (κ3) is 4.26. The van der Waals surface area contributed by atoms with Crippen LogP contribution in [0.25, 0.3) is 10.2 Å². The highest BCUT2D eigenvalue weighted by molar-refractivity contribution is 9.10. The second-order valence-electron chi connectivity index (χ2n) is 6.39. The number of fused-ring (bicyclic) bond motifs is 1. The lowest BCUT2D eigenvalue weighted by Crippen LogP contribution is -3.06. The number of hydrogen-bond donors (Lipinski definition) is 1. The van der Waals surface area contributed by atoms with Crippen molar-refractivity contribution in [1.29, 1.82) is 0 Å². The molecule has 0 spiro atoms. The molecule has 1 amide bonds. The Morgan fingerprint density at radius 1 is 1.24 bits per heavy atom. The number of rotatable bonds is 5. The lowest BCUT2D eigenvalue weighted by molar-refractivity contribution is -0.856. The highest BCUT2D eigenvalue weighted by Gasteiger charge is 2.22. The number of nitrogens with one attached hydrogen (secondary N) is 1. The highest BCUT2D eigenvalue weighted by atomic mass is 79.9. The minimum atomic E-state index is 0.00284. The Bertz CT molecular complexity index is 907. The highest BCUT2D eigenvalue weighted by Crippen LogP contribution is 2.31. The van der Waals surface area contributed by atoms with Crippen LogP contribution in [0.1, 0.15) is 15.9 Å². The van der Waals surface area contributed by atoms with Gasteiger partial charge in [-0.15, -0.1) is 0 Å². The summed E-state index contributed by atoms with van der Waals surface area (Å²) in [5.41, 5.74) is 2.70. The summed E-state index contributed by atoms with van der Waals surface area (Å²) in [5, 5.41) is 0.751. The number of carbonyl (C=O) groups is 1. The largest absolute Gasteiger partial charge is 0.338 e. The molecule has 130 valence electrons. The normalized spacial score (nSPS) is 11.2. The maximum atomic E-state index is 13.1. The molecule has 2 aromatic carbocycles. The molecule has 3 rings (SSSR count). The van der Waals surface area contributed by atoms with Gasteiger partial charge in [0.15, 0.2) is 5.13 Å². The maximum absolute atomic E-state index is 13.1. The molecule has 0 fully saturated rings. The summed E-state index contributed by atoms with van der Waals surface area (Å²) in [6.07, 6.45) is 0. The molecular weight excluding hydrogens is 398 g/mol. The molecule has 3 aromatic rings. The lowest BCUT2D eigenvalue weighted by atomic mass is 10.1. The van der Waals surface area contributed by atoms with Crippen molar-refractivity contribution in [3.63, 3.8) is 0 Å². The molecule has 25 heavy (non-hydrogen) atoms. The fourth-order valence-electron chi connectivity index (χ4n) is 2.56. The van der Waals surface area contributed by atoms with Crippen molar-refractivity contribution in [1.82, 2.24) is 4.98 Å². The topological polar surface area (TPSA) is 37.6 Å². The number of quaternary nitrogens is 1. The number of hydrogen-bond acceptors (Lipinski definition) is 3. The van der Waals surface area contributed by atoms with Crippen molar-refractivity contribution in [2.75, 3.05) is 32.1 Å². The second-order valence-corrected chi connectivity index (χ2v) is 8.32. The minimum absolute atomic E-state index is 0.00284. The molecule has 1 N–H and O–H groups in total. The summed E-state index contributed by atoms with van der Waals surface area (Å²) in [6, 6.07) is 13.7. The van der Waals surface area contributed by atoms with Gasteiger partial charge in [-0.3, -0.25) is 9.69 Å². The molecule has 0 saturated carbocycles. The van der Waals surface area contributed by atoms with Crippen LogP contribution >= 0.6 is 27.3 Å². The van der Waals surface area contributed by atoms with E-state index >= 15 is 0 Å². The SMILES string of the molecule is Cc1cccc(C(=O)N(CC[NH+](C)C)c2nc3ccc(Br)cc3s2)c1. The summed E-state index contributed by atoms with van der Waals surface area (Å²) in [5.74, 6) is 0.00284. The van der Waals surface area contributed by atoms with Gasteiger partial charge in [0.05, 0.1) is 37.4 Å². The predicted molar refractivity (Wildman–Crippen MR) is 108 cm³/mol. The Hall–Kier alpha value is -1.76. The van der Waals surface area contributed by atoms with Gasteiger partial charge in [0.2, 0.25) is 0 Å². The van der Waals surface area contributed by atoms with Gasteiger partial charge in [0.25, 0.3) is 5.91 Å². The van der Waals surface area contributed by atoms with Crippen molar-refractivity contribution < 1.29 is 9.69 Å². The van der Waals surface area contributed by atoms with E-state index in [9.17, 15) is 4.79 Å². The van der Waals surface area contributed by atoms with Gasteiger partial charge in [-0.25, -0.2) is 4.98 Å². The molecule has 0 radical (unpaired) electrons. The van der Waals surface area contributed by atoms with E-state index in [1.165, 1.54) is 4.90 Å². The molecule has 0 bridgehead atoms. The monoisotopic (exact) mass is 418 g/mol. The van der Waals surface area contributed by atoms with Crippen molar-refractivity contribution in [3.05, 3.63) is 58.1 Å². The van der Waals surface area contributed by atoms with Crippen LogP contribution in [0, 0.1) is 6.92 Å². The Labute approximate surface area is 160 Å². The van der Waals surface area contributed by atoms with E-state index < -0.39 is 0 Å². The number of amides is 1. The Morgan fingerprint density at radius 3 is 2.76 bits per heavy atom. The summed E-state index contributed by atoms with van der Waals surface area (Å²) >= 11 is 5.05. The quantitative estimate of drug-likeness (QED) is 0.690. The lowest BCUT2D eigenvalue weighted by Gasteiger charge is -2.21. The molecule has 0 saturated heterocycles. The Kier molecular flexibility index (Phi) is 5.51. The smallest absolute Gasteiger partial charge is 0.260 e. The van der Waals surface area contributed by atoms with Gasteiger partial charge < -0.3 is 4.90 Å². The number of carbonyl (C=O) groups excluding carboxylic acids is 1. The van der Waals surface area contributed by atoms with Crippen molar-refractivity contribution >= 4 is 48.5 Å². The summed E-state index contributed by atoms with van der Waals surface area (Å²) in [7, 11) is 4.18. The van der Waals surface area contributed by atoms with E-state index in [0.29, 0.717) is 12.1 Å². The summed E-state index contributed by atoms with van der Waals surface area (Å²) in [4.78, 5) is 20.9. The van der Waals surface area contributed by atoms with Gasteiger partial charge in [-0.05, 0) is 37.3 Å². The van der Waals surface area contributed by atoms with Crippen LogP contribution in [0.5, 0.6) is 0 Å². The Morgan fingerprint density at radius 2 is 2.04 bits per heavy atom. The van der Waals surface area contributed by atoms with Gasteiger partial charge in [0.1, 0.15) is 0 Å². The molecule has 6 heteroatoms. The zero-order valence-electron chi connectivity index (χ0n) is 14.5. The third-order valence-corrected chi connectivity index (χ3v) is 5.45. The molecule has 4 nitrogen and oxygen atoms in total. The van der Waals surface area contributed by atoms with Crippen LogP contribution in [0.15, 0.2) is 46.9 Å². The van der Waals surface area contributed by atoms with Crippen molar-refractivity contribution in [2.45, 2.75) is 6.92 Å². The molecule has 0 aliphatic rings. The van der Waals surface area contributed by atoms with Crippen LogP contribution < -0.4 is 9.80 Å². The van der Waals surface area contributed by atoms with E-state index in [0.717, 1.165) is 31.9 Å². The van der Waals surface area contributed by atoms with Crippen molar-refractivity contribution in [2.24, 2.45) is 0 Å². The molecule has 1 heterocycles. The molecule has 0 aliphatic carbocycles. The molecule has 0 atom stereocenters. The van der Waals surface area contributed by atoms with Gasteiger partial charge in [0, 0.05) is 10.0 Å². The molecule has 1 aromatic heterocycles. The first-order valence-corrected chi connectivity index (χ1v) is 9.78. The average Bonchev–Trinajstić information content (AvgIpc) is 2.97. The van der Waals surface area contributed by atoms with Crippen LogP contribution in [0.2, 0.25) is 0 Å². The molecular formula is C19H21BrN3OS+. The number of likely N-dealkylation sites (N-methyl/N-ethyl adjacent to an activating group) is 1. The number of anilines is 1. The minimum Gasteiger partial charge on any atom is -0.338 e. The van der Waals surface area contributed by atoms with Crippen LogP contribution in [-0.4, -0.2) is 38.1 Å².